The molecule has 46 heavy (non-hydrogen) atoms. The Hall–Kier alpha value is -4.68. The van der Waals surface area contributed by atoms with Gasteiger partial charge in [-0.05, 0) is 60.5 Å². The molecule has 0 spiro atoms. The fourth-order valence-electron chi connectivity index (χ4n) is 4.76. The molecule has 0 aliphatic carbocycles. The highest BCUT2D eigenvalue weighted by atomic mass is 32.2. The highest BCUT2D eigenvalue weighted by molar-refractivity contribution is 7.90. The largest absolute Gasteiger partial charge is 0.573 e. The number of aliphatic hydroxyl groups is 1. The van der Waals surface area contributed by atoms with Crippen LogP contribution >= 0.6 is 0 Å². The number of hydrazine groups is 2. The molecule has 0 bridgehead atoms. The minimum Gasteiger partial charge on any atom is -0.403 e. The lowest BCUT2D eigenvalue weighted by molar-refractivity contribution is -0.275. The standard InChI is InChI=1S/C28H21F8N5O4S/c1-14-38-26(27(31,32)33)12-40(14)21-5-3-15(17-8-19(29)18(13-42)25(10-17)46(2,43)44)9-22(21)41-23(11-37-39-41)16-4-6-24(20(30)7-16)45-28(34,35)36/h3-12,37,39,42H,13H2,1-2H3. The number of sulfone groups is 1. The average Bonchev–Trinajstić information content (AvgIpc) is 3.59. The number of imidazole rings is 1. The second kappa shape index (κ2) is 11.6. The summed E-state index contributed by atoms with van der Waals surface area (Å²) >= 11 is 0. The van der Waals surface area contributed by atoms with Crippen LogP contribution in [0.1, 0.15) is 22.6 Å². The van der Waals surface area contributed by atoms with Crippen LogP contribution in [0.25, 0.3) is 22.5 Å². The van der Waals surface area contributed by atoms with Crippen molar-refractivity contribution in [3.8, 4) is 22.6 Å². The van der Waals surface area contributed by atoms with Crippen molar-refractivity contribution in [2.24, 2.45) is 0 Å². The Bertz CT molecular complexity index is 1970. The number of aromatic nitrogens is 2. The van der Waals surface area contributed by atoms with Gasteiger partial charge in [-0.15, -0.1) is 18.7 Å². The van der Waals surface area contributed by atoms with Crippen LogP contribution in [-0.4, -0.2) is 35.7 Å². The van der Waals surface area contributed by atoms with Crippen LogP contribution in [0.5, 0.6) is 5.75 Å². The highest BCUT2D eigenvalue weighted by Crippen LogP contribution is 2.39. The molecular formula is C28H21F8N5O4S. The number of rotatable bonds is 7. The molecule has 5 rings (SSSR count). The molecule has 1 aliphatic heterocycles. The molecule has 0 saturated carbocycles. The quantitative estimate of drug-likeness (QED) is 0.212. The minimum absolute atomic E-state index is 0.00285. The van der Waals surface area contributed by atoms with Crippen molar-refractivity contribution in [2.45, 2.75) is 31.0 Å². The van der Waals surface area contributed by atoms with E-state index in [0.717, 1.165) is 47.4 Å². The van der Waals surface area contributed by atoms with Crippen LogP contribution in [0.15, 0.2) is 65.8 Å². The van der Waals surface area contributed by atoms with Crippen molar-refractivity contribution >= 4 is 21.2 Å². The Kier molecular flexibility index (Phi) is 8.24. The van der Waals surface area contributed by atoms with E-state index in [0.29, 0.717) is 0 Å². The van der Waals surface area contributed by atoms with Gasteiger partial charge in [0.1, 0.15) is 11.6 Å². The number of nitrogens with one attached hydrogen (secondary N) is 2. The molecule has 18 heteroatoms. The molecule has 0 saturated heterocycles. The van der Waals surface area contributed by atoms with Crippen molar-refractivity contribution in [2.75, 3.05) is 11.3 Å². The van der Waals surface area contributed by atoms with E-state index in [9.17, 15) is 48.6 Å². The number of benzene rings is 3. The maximum atomic E-state index is 15.0. The maximum Gasteiger partial charge on any atom is 0.573 e. The minimum atomic E-state index is -5.16. The first-order valence-electron chi connectivity index (χ1n) is 12.9. The maximum absolute atomic E-state index is 15.0. The summed E-state index contributed by atoms with van der Waals surface area (Å²) < 4.78 is 138. The van der Waals surface area contributed by atoms with E-state index in [2.05, 4.69) is 20.7 Å². The molecule has 3 aromatic carbocycles. The number of hydrogen-bond donors (Lipinski definition) is 3. The zero-order valence-electron chi connectivity index (χ0n) is 23.4. The Morgan fingerprint density at radius 2 is 1.59 bits per heavy atom. The van der Waals surface area contributed by atoms with Crippen LogP contribution in [0.2, 0.25) is 0 Å². The molecule has 0 amide bonds. The van der Waals surface area contributed by atoms with Crippen molar-refractivity contribution in [1.29, 1.82) is 0 Å². The first kappa shape index (κ1) is 32.7. The monoisotopic (exact) mass is 675 g/mol. The van der Waals surface area contributed by atoms with Crippen LogP contribution in [0.4, 0.5) is 40.8 Å². The van der Waals surface area contributed by atoms with Gasteiger partial charge in [0.15, 0.2) is 27.1 Å². The molecule has 0 radical (unpaired) electrons. The number of halogens is 8. The molecule has 4 aromatic rings. The molecule has 1 aliphatic rings. The van der Waals surface area contributed by atoms with E-state index in [-0.39, 0.29) is 39.6 Å². The number of anilines is 1. The van der Waals surface area contributed by atoms with E-state index < -0.39 is 62.5 Å². The summed E-state index contributed by atoms with van der Waals surface area (Å²) in [6.07, 6.45) is -7.14. The Balaban J connectivity index is 1.69. The summed E-state index contributed by atoms with van der Waals surface area (Å²) in [5, 5.41) is 10.8. The van der Waals surface area contributed by atoms with Crippen LogP contribution in [-0.2, 0) is 22.6 Å². The summed E-state index contributed by atoms with van der Waals surface area (Å²) in [6.45, 7) is 0.385. The molecular weight excluding hydrogens is 654 g/mol. The second-order valence-electron chi connectivity index (χ2n) is 9.92. The fourth-order valence-corrected chi connectivity index (χ4v) is 5.71. The molecule has 0 fully saturated rings. The number of ether oxygens (including phenoxy) is 1. The van der Waals surface area contributed by atoms with E-state index in [1.165, 1.54) is 36.3 Å². The van der Waals surface area contributed by atoms with Gasteiger partial charge in [-0.3, -0.25) is 5.01 Å². The van der Waals surface area contributed by atoms with Gasteiger partial charge >= 0.3 is 12.5 Å². The van der Waals surface area contributed by atoms with Gasteiger partial charge in [0, 0.05) is 29.8 Å². The SMILES string of the molecule is Cc1nc(C(F)(F)F)cn1-c1ccc(-c2cc(F)c(CO)c(S(C)(=O)=O)c2)cc1N1NNC=C1c1ccc(OC(F)(F)F)c(F)c1. The zero-order chi connectivity index (χ0) is 33.8. The van der Waals surface area contributed by atoms with Gasteiger partial charge < -0.3 is 19.8 Å². The van der Waals surface area contributed by atoms with Crippen LogP contribution < -0.4 is 20.7 Å². The van der Waals surface area contributed by atoms with Crippen LogP contribution in [0, 0.1) is 18.6 Å². The topological polar surface area (TPSA) is 109 Å². The third-order valence-electron chi connectivity index (χ3n) is 6.77. The summed E-state index contributed by atoms with van der Waals surface area (Å²) in [4.78, 5) is 3.09. The van der Waals surface area contributed by atoms with Gasteiger partial charge in [-0.1, -0.05) is 6.07 Å². The second-order valence-corrected chi connectivity index (χ2v) is 11.9. The predicted molar refractivity (Wildman–Crippen MR) is 148 cm³/mol. The van der Waals surface area contributed by atoms with Crippen molar-refractivity contribution in [3.63, 3.8) is 0 Å². The summed E-state index contributed by atoms with van der Waals surface area (Å²) in [5.41, 5.74) is 3.99. The molecule has 244 valence electrons. The zero-order valence-corrected chi connectivity index (χ0v) is 24.2. The highest BCUT2D eigenvalue weighted by Gasteiger charge is 2.36. The number of aryl methyl sites for hydroxylation is 1. The molecule has 1 aromatic heterocycles. The van der Waals surface area contributed by atoms with Gasteiger partial charge in [-0.2, -0.15) is 13.2 Å². The summed E-state index contributed by atoms with van der Waals surface area (Å²) in [6, 6.07) is 8.74. The Labute approximate surface area is 255 Å². The van der Waals surface area contributed by atoms with E-state index in [4.69, 9.17) is 0 Å². The third kappa shape index (κ3) is 6.49. The van der Waals surface area contributed by atoms with E-state index in [1.807, 2.05) is 0 Å². The first-order chi connectivity index (χ1) is 21.4. The van der Waals surface area contributed by atoms with Crippen LogP contribution in [0.3, 0.4) is 0 Å². The lowest BCUT2D eigenvalue weighted by atomic mass is 10.0. The fraction of sp³-hybridized carbons (Fsp3) is 0.179. The van der Waals surface area contributed by atoms with Gasteiger partial charge in [-0.25, -0.2) is 22.2 Å². The number of aliphatic hydroxyl groups excluding tert-OH is 1. The van der Waals surface area contributed by atoms with Crippen molar-refractivity contribution in [3.05, 3.63) is 95.2 Å². The molecule has 2 heterocycles. The van der Waals surface area contributed by atoms with Gasteiger partial charge in [0.05, 0.1) is 28.6 Å². The Morgan fingerprint density at radius 1 is 0.913 bits per heavy atom. The average molecular weight is 676 g/mol. The van der Waals surface area contributed by atoms with E-state index in [1.54, 1.807) is 0 Å². The normalized spacial score (nSPS) is 14.0. The number of hydrogen-bond acceptors (Lipinski definition) is 8. The van der Waals surface area contributed by atoms with Gasteiger partial charge in [0.2, 0.25) is 0 Å². The molecule has 0 atom stereocenters. The predicted octanol–water partition coefficient (Wildman–Crippen LogP) is 5.77. The first-order valence-corrected chi connectivity index (χ1v) is 14.7. The Morgan fingerprint density at radius 3 is 2.17 bits per heavy atom. The summed E-state index contributed by atoms with van der Waals surface area (Å²) in [5.74, 6) is -3.61. The van der Waals surface area contributed by atoms with Crippen molar-refractivity contribution < 1.29 is 53.4 Å². The third-order valence-corrected chi connectivity index (χ3v) is 7.94. The summed E-state index contributed by atoms with van der Waals surface area (Å²) in [7, 11) is -4.03. The lowest BCUT2D eigenvalue weighted by Crippen LogP contribution is -2.37. The lowest BCUT2D eigenvalue weighted by Gasteiger charge is -2.26. The van der Waals surface area contributed by atoms with Gasteiger partial charge in [0.25, 0.3) is 0 Å². The number of alkyl halides is 6. The van der Waals surface area contributed by atoms with E-state index >= 15 is 0 Å². The molecule has 0 unspecified atom stereocenters. The number of nitrogens with zero attached hydrogens (tertiary/aromatic N) is 3. The molecule has 9 nitrogen and oxygen atoms in total. The molecule has 3 N–H and O–H groups in total. The smallest absolute Gasteiger partial charge is 0.403 e. The van der Waals surface area contributed by atoms with Crippen molar-refractivity contribution in [1.82, 2.24) is 20.5 Å².